The van der Waals surface area contributed by atoms with E-state index in [1.807, 2.05) is 24.4 Å². The summed E-state index contributed by atoms with van der Waals surface area (Å²) in [5.74, 6) is 2.31. The number of rotatable bonds is 4. The second kappa shape index (κ2) is 5.57. The Morgan fingerprint density at radius 3 is 2.72 bits per heavy atom. The lowest BCUT2D eigenvalue weighted by atomic mass is 9.83. The second-order valence-electron chi connectivity index (χ2n) is 8.41. The molecule has 25 heavy (non-hydrogen) atoms. The van der Waals surface area contributed by atoms with Crippen LogP contribution >= 0.6 is 0 Å². The Morgan fingerprint density at radius 2 is 1.92 bits per heavy atom. The highest BCUT2D eigenvalue weighted by molar-refractivity contribution is 5.17. The molecule has 1 aliphatic carbocycles. The van der Waals surface area contributed by atoms with Gasteiger partial charge in [0.2, 0.25) is 5.88 Å². The zero-order valence-corrected chi connectivity index (χ0v) is 15.0. The monoisotopic (exact) mass is 335 g/mol. The number of nitrogens with zero attached hydrogens (tertiary/aromatic N) is 2. The number of aromatic nitrogens is 1. The zero-order valence-electron chi connectivity index (χ0n) is 15.0. The predicted molar refractivity (Wildman–Crippen MR) is 98.0 cm³/mol. The summed E-state index contributed by atoms with van der Waals surface area (Å²) in [7, 11) is 0. The molecule has 2 saturated heterocycles. The standard InChI is InChI=1S/C22H27N2O/c1-22-18-10-11-19(22)20(25-21-9-5-6-13-23-21)16-24(22,14-12-18)15-17-7-3-2-4-8-17/h2-9,13,18-20H,10-12,14-16H2,1H3/q+1/t18-,19+,20-,22+,24+/m0/s1. The van der Waals surface area contributed by atoms with Crippen LogP contribution in [0, 0.1) is 11.8 Å². The van der Waals surface area contributed by atoms with Gasteiger partial charge in [0.1, 0.15) is 18.6 Å². The first-order valence-corrected chi connectivity index (χ1v) is 9.69. The van der Waals surface area contributed by atoms with Gasteiger partial charge in [0.25, 0.3) is 0 Å². The van der Waals surface area contributed by atoms with Gasteiger partial charge in [-0.15, -0.1) is 0 Å². The molecule has 3 aliphatic rings. The maximum absolute atomic E-state index is 6.44. The molecule has 5 rings (SSSR count). The molecule has 1 saturated carbocycles. The number of hydrogen-bond donors (Lipinski definition) is 0. The van der Waals surface area contributed by atoms with Crippen LogP contribution < -0.4 is 4.74 Å². The molecule has 2 aromatic rings. The molecule has 0 amide bonds. The van der Waals surface area contributed by atoms with E-state index in [-0.39, 0.29) is 0 Å². The first-order chi connectivity index (χ1) is 12.2. The van der Waals surface area contributed by atoms with Gasteiger partial charge in [-0.3, -0.25) is 0 Å². The van der Waals surface area contributed by atoms with Crippen molar-refractivity contribution in [1.82, 2.24) is 4.98 Å². The van der Waals surface area contributed by atoms with Crippen molar-refractivity contribution in [1.29, 1.82) is 0 Å². The lowest BCUT2D eigenvalue weighted by molar-refractivity contribution is -0.965. The lowest BCUT2D eigenvalue weighted by Crippen LogP contribution is -2.57. The molecular formula is C22H27N2O+. The summed E-state index contributed by atoms with van der Waals surface area (Å²) in [6.45, 7) is 6.14. The van der Waals surface area contributed by atoms with Crippen LogP contribution in [-0.2, 0) is 6.54 Å². The Hall–Kier alpha value is -1.87. The second-order valence-corrected chi connectivity index (χ2v) is 8.41. The molecule has 3 heterocycles. The van der Waals surface area contributed by atoms with E-state index in [0.29, 0.717) is 17.6 Å². The summed E-state index contributed by atoms with van der Waals surface area (Å²) in [6.07, 6.45) is 6.20. The Bertz CT molecular complexity index is 749. The van der Waals surface area contributed by atoms with E-state index in [9.17, 15) is 0 Å². The Morgan fingerprint density at radius 1 is 1.08 bits per heavy atom. The van der Waals surface area contributed by atoms with Gasteiger partial charge >= 0.3 is 0 Å². The average Bonchev–Trinajstić information content (AvgIpc) is 3.20. The summed E-state index contributed by atoms with van der Waals surface area (Å²) in [4.78, 5) is 4.42. The van der Waals surface area contributed by atoms with Crippen LogP contribution in [0.25, 0.3) is 0 Å². The van der Waals surface area contributed by atoms with E-state index < -0.39 is 0 Å². The molecule has 0 bridgehead atoms. The molecule has 0 unspecified atom stereocenters. The van der Waals surface area contributed by atoms with Crippen molar-refractivity contribution in [2.45, 2.75) is 44.4 Å². The maximum Gasteiger partial charge on any atom is 0.213 e. The number of ether oxygens (including phenoxy) is 1. The van der Waals surface area contributed by atoms with E-state index in [4.69, 9.17) is 4.74 Å². The van der Waals surface area contributed by atoms with Crippen LogP contribution in [-0.4, -0.2) is 34.2 Å². The summed E-state index contributed by atoms with van der Waals surface area (Å²) in [5, 5.41) is 0. The highest BCUT2D eigenvalue weighted by Gasteiger charge is 2.71. The molecule has 3 nitrogen and oxygen atoms in total. The van der Waals surface area contributed by atoms with E-state index in [2.05, 4.69) is 42.2 Å². The zero-order chi connectivity index (χ0) is 16.9. The molecule has 0 radical (unpaired) electrons. The molecule has 1 aromatic heterocycles. The van der Waals surface area contributed by atoms with Gasteiger partial charge in [0.15, 0.2) is 6.10 Å². The van der Waals surface area contributed by atoms with Gasteiger partial charge in [-0.1, -0.05) is 36.4 Å². The third-order valence-corrected chi connectivity index (χ3v) is 7.55. The van der Waals surface area contributed by atoms with Crippen LogP contribution in [0.2, 0.25) is 0 Å². The van der Waals surface area contributed by atoms with Crippen LogP contribution in [0.5, 0.6) is 5.88 Å². The van der Waals surface area contributed by atoms with Gasteiger partial charge in [0.05, 0.1) is 12.5 Å². The van der Waals surface area contributed by atoms with Crippen molar-refractivity contribution < 1.29 is 9.22 Å². The van der Waals surface area contributed by atoms with E-state index >= 15 is 0 Å². The molecule has 3 fully saturated rings. The average molecular weight is 335 g/mol. The van der Waals surface area contributed by atoms with Gasteiger partial charge < -0.3 is 9.22 Å². The van der Waals surface area contributed by atoms with E-state index in [1.54, 1.807) is 0 Å². The maximum atomic E-state index is 6.44. The predicted octanol–water partition coefficient (Wildman–Crippen LogP) is 4.05. The molecule has 0 spiro atoms. The van der Waals surface area contributed by atoms with Crippen LogP contribution in [0.15, 0.2) is 54.7 Å². The fourth-order valence-electron chi connectivity index (χ4n) is 6.35. The SMILES string of the molecule is C[C@@]12[C@H]3CC[C@@H]1[C@@H](Oc1ccccn1)C[N@+]2(Cc1ccccc1)CC3. The van der Waals surface area contributed by atoms with E-state index in [0.717, 1.165) is 24.9 Å². The Kier molecular flexibility index (Phi) is 3.43. The third kappa shape index (κ3) is 2.18. The van der Waals surface area contributed by atoms with Crippen molar-refractivity contribution in [2.24, 2.45) is 11.8 Å². The summed E-state index contributed by atoms with van der Waals surface area (Å²) < 4.78 is 7.66. The quantitative estimate of drug-likeness (QED) is 0.787. The molecular weight excluding hydrogens is 308 g/mol. The molecule has 130 valence electrons. The highest BCUT2D eigenvalue weighted by Crippen LogP contribution is 2.61. The number of hydrogen-bond acceptors (Lipinski definition) is 2. The minimum Gasteiger partial charge on any atom is -0.468 e. The molecule has 0 N–H and O–H groups in total. The summed E-state index contributed by atoms with van der Waals surface area (Å²) in [6, 6.07) is 17.0. The summed E-state index contributed by atoms with van der Waals surface area (Å²) >= 11 is 0. The largest absolute Gasteiger partial charge is 0.468 e. The first-order valence-electron chi connectivity index (χ1n) is 9.69. The summed E-state index contributed by atoms with van der Waals surface area (Å²) in [5.41, 5.74) is 1.84. The van der Waals surface area contributed by atoms with Crippen molar-refractivity contribution >= 4 is 0 Å². The number of benzene rings is 1. The van der Waals surface area contributed by atoms with Gasteiger partial charge in [-0.05, 0) is 25.8 Å². The van der Waals surface area contributed by atoms with E-state index in [1.165, 1.54) is 35.9 Å². The smallest absolute Gasteiger partial charge is 0.213 e. The first kappa shape index (κ1) is 15.4. The number of quaternary nitrogens is 1. The normalized spacial score (nSPS) is 38.7. The lowest BCUT2D eigenvalue weighted by Gasteiger charge is -2.43. The van der Waals surface area contributed by atoms with Crippen molar-refractivity contribution in [3.05, 3.63) is 60.3 Å². The van der Waals surface area contributed by atoms with Gasteiger partial charge in [-0.25, -0.2) is 4.98 Å². The topological polar surface area (TPSA) is 22.1 Å². The van der Waals surface area contributed by atoms with Gasteiger partial charge in [-0.2, -0.15) is 0 Å². The molecule has 2 aliphatic heterocycles. The van der Waals surface area contributed by atoms with Crippen LogP contribution in [0.3, 0.4) is 0 Å². The molecule has 1 aromatic carbocycles. The van der Waals surface area contributed by atoms with Crippen LogP contribution in [0.1, 0.15) is 31.7 Å². The van der Waals surface area contributed by atoms with Gasteiger partial charge in [0, 0.05) is 30.2 Å². The fourth-order valence-corrected chi connectivity index (χ4v) is 6.35. The molecule has 3 heteroatoms. The third-order valence-electron chi connectivity index (χ3n) is 7.55. The Balaban J connectivity index is 1.48. The van der Waals surface area contributed by atoms with Crippen LogP contribution in [0.4, 0.5) is 0 Å². The van der Waals surface area contributed by atoms with Crippen molar-refractivity contribution in [3.8, 4) is 5.88 Å². The van der Waals surface area contributed by atoms with Crippen molar-refractivity contribution in [2.75, 3.05) is 13.1 Å². The highest BCUT2D eigenvalue weighted by atomic mass is 16.5. The number of pyridine rings is 1. The fraction of sp³-hybridized carbons (Fsp3) is 0.500. The minimum absolute atomic E-state index is 0.300. The Labute approximate surface area is 150 Å². The molecule has 5 atom stereocenters. The van der Waals surface area contributed by atoms with Crippen molar-refractivity contribution in [3.63, 3.8) is 0 Å². The minimum atomic E-state index is 0.300.